The van der Waals surface area contributed by atoms with Gasteiger partial charge in [-0.05, 0) is 38.0 Å². The normalized spacial score (nSPS) is 20.7. The SMILES string of the molecule is CCCCn1c2c(nc(NNC(=O)C3(C4CC4)CC3)c1=O)CCOC2. The van der Waals surface area contributed by atoms with Crippen LogP contribution in [0.4, 0.5) is 5.82 Å². The summed E-state index contributed by atoms with van der Waals surface area (Å²) in [6, 6.07) is 0. The largest absolute Gasteiger partial charge is 0.375 e. The van der Waals surface area contributed by atoms with E-state index in [1.165, 1.54) is 0 Å². The van der Waals surface area contributed by atoms with Gasteiger partial charge >= 0.3 is 0 Å². The number of nitrogens with zero attached hydrogens (tertiary/aromatic N) is 2. The van der Waals surface area contributed by atoms with Crippen LogP contribution in [-0.2, 0) is 29.1 Å². The van der Waals surface area contributed by atoms with Gasteiger partial charge in [-0.25, -0.2) is 4.98 Å². The number of hydrogen-bond donors (Lipinski definition) is 2. The molecule has 0 bridgehead atoms. The molecule has 25 heavy (non-hydrogen) atoms. The first-order chi connectivity index (χ1) is 12.2. The number of hydrazine groups is 1. The molecule has 136 valence electrons. The van der Waals surface area contributed by atoms with E-state index < -0.39 is 0 Å². The maximum atomic E-state index is 12.8. The van der Waals surface area contributed by atoms with Crippen molar-refractivity contribution in [2.75, 3.05) is 12.0 Å². The van der Waals surface area contributed by atoms with Gasteiger partial charge in [0.15, 0.2) is 0 Å². The molecule has 3 aliphatic rings. The van der Waals surface area contributed by atoms with Crippen LogP contribution >= 0.6 is 0 Å². The average Bonchev–Trinajstić information content (AvgIpc) is 3.50. The van der Waals surface area contributed by atoms with Gasteiger partial charge < -0.3 is 9.30 Å². The Labute approximate surface area is 147 Å². The summed E-state index contributed by atoms with van der Waals surface area (Å²) in [6.07, 6.45) is 6.83. The Kier molecular flexibility index (Phi) is 4.27. The lowest BCUT2D eigenvalue weighted by molar-refractivity contribution is -0.126. The summed E-state index contributed by atoms with van der Waals surface area (Å²) in [5, 5.41) is 0. The second-order valence-electron chi connectivity index (χ2n) is 7.48. The van der Waals surface area contributed by atoms with Gasteiger partial charge in [-0.3, -0.25) is 20.4 Å². The highest BCUT2D eigenvalue weighted by Gasteiger charge is 2.59. The zero-order chi connectivity index (χ0) is 17.4. The maximum Gasteiger partial charge on any atom is 0.295 e. The van der Waals surface area contributed by atoms with Crippen LogP contribution in [0.3, 0.4) is 0 Å². The molecule has 1 amide bonds. The molecule has 4 rings (SSSR count). The third-order valence-electron chi connectivity index (χ3n) is 5.70. The molecule has 0 spiro atoms. The van der Waals surface area contributed by atoms with Crippen molar-refractivity contribution in [2.45, 2.75) is 65.0 Å². The van der Waals surface area contributed by atoms with Crippen molar-refractivity contribution in [2.24, 2.45) is 11.3 Å². The number of carbonyl (C=O) groups is 1. The summed E-state index contributed by atoms with van der Waals surface area (Å²) in [4.78, 5) is 29.8. The molecule has 0 unspecified atom stereocenters. The fourth-order valence-electron chi connectivity index (χ4n) is 3.82. The van der Waals surface area contributed by atoms with Crippen LogP contribution in [0.2, 0.25) is 0 Å². The molecular formula is C18H26N4O3. The van der Waals surface area contributed by atoms with E-state index in [-0.39, 0.29) is 22.7 Å². The Bertz CT molecular complexity index is 735. The van der Waals surface area contributed by atoms with Gasteiger partial charge in [0, 0.05) is 13.0 Å². The van der Waals surface area contributed by atoms with Crippen LogP contribution in [0.5, 0.6) is 0 Å². The highest BCUT2D eigenvalue weighted by Crippen LogP contribution is 2.61. The van der Waals surface area contributed by atoms with Crippen LogP contribution in [0.1, 0.15) is 56.8 Å². The van der Waals surface area contributed by atoms with Crippen molar-refractivity contribution >= 4 is 11.7 Å². The number of nitrogens with one attached hydrogen (secondary N) is 2. The van der Waals surface area contributed by atoms with Crippen molar-refractivity contribution in [1.29, 1.82) is 0 Å². The van der Waals surface area contributed by atoms with E-state index in [0.717, 1.165) is 49.9 Å². The van der Waals surface area contributed by atoms with Crippen molar-refractivity contribution in [1.82, 2.24) is 15.0 Å². The van der Waals surface area contributed by atoms with Gasteiger partial charge in [0.25, 0.3) is 5.56 Å². The van der Waals surface area contributed by atoms with Gasteiger partial charge in [-0.15, -0.1) is 0 Å². The lowest BCUT2D eigenvalue weighted by atomic mass is 10.0. The maximum absolute atomic E-state index is 12.8. The number of amides is 1. The van der Waals surface area contributed by atoms with Gasteiger partial charge in [-0.1, -0.05) is 13.3 Å². The molecule has 2 fully saturated rings. The first kappa shape index (κ1) is 16.6. The summed E-state index contributed by atoms with van der Waals surface area (Å²) in [5.74, 6) is 0.762. The number of anilines is 1. The van der Waals surface area contributed by atoms with E-state index in [1.54, 1.807) is 4.57 Å². The minimum atomic E-state index is -0.186. The average molecular weight is 346 g/mol. The Morgan fingerprint density at radius 1 is 1.40 bits per heavy atom. The predicted molar refractivity (Wildman–Crippen MR) is 92.9 cm³/mol. The van der Waals surface area contributed by atoms with Crippen molar-refractivity contribution in [3.8, 4) is 0 Å². The molecule has 1 aliphatic heterocycles. The first-order valence-corrected chi connectivity index (χ1v) is 9.42. The van der Waals surface area contributed by atoms with Crippen LogP contribution in [0.15, 0.2) is 4.79 Å². The molecule has 0 radical (unpaired) electrons. The quantitative estimate of drug-likeness (QED) is 0.735. The second kappa shape index (κ2) is 6.44. The molecule has 7 heteroatoms. The third kappa shape index (κ3) is 3.05. The van der Waals surface area contributed by atoms with Crippen LogP contribution in [-0.4, -0.2) is 22.1 Å². The minimum absolute atomic E-state index is 0.0114. The van der Waals surface area contributed by atoms with E-state index >= 15 is 0 Å². The summed E-state index contributed by atoms with van der Waals surface area (Å²) in [5.41, 5.74) is 6.98. The molecule has 2 N–H and O–H groups in total. The summed E-state index contributed by atoms with van der Waals surface area (Å²) in [7, 11) is 0. The number of rotatable bonds is 7. The molecule has 0 saturated heterocycles. The van der Waals surface area contributed by atoms with Gasteiger partial charge in [0.1, 0.15) is 0 Å². The van der Waals surface area contributed by atoms with Crippen LogP contribution in [0, 0.1) is 11.3 Å². The van der Waals surface area contributed by atoms with Crippen molar-refractivity contribution < 1.29 is 9.53 Å². The third-order valence-corrected chi connectivity index (χ3v) is 5.70. The molecule has 2 heterocycles. The number of fused-ring (bicyclic) bond motifs is 1. The zero-order valence-electron chi connectivity index (χ0n) is 14.8. The number of ether oxygens (including phenoxy) is 1. The van der Waals surface area contributed by atoms with Crippen LogP contribution < -0.4 is 16.4 Å². The minimum Gasteiger partial charge on any atom is -0.375 e. The number of carbonyl (C=O) groups excluding carboxylic acids is 1. The summed E-state index contributed by atoms with van der Waals surface area (Å²) >= 11 is 0. The molecule has 2 saturated carbocycles. The molecule has 0 aromatic carbocycles. The monoisotopic (exact) mass is 346 g/mol. The topological polar surface area (TPSA) is 85.3 Å². The van der Waals surface area contributed by atoms with Gasteiger partial charge in [-0.2, -0.15) is 0 Å². The van der Waals surface area contributed by atoms with E-state index in [9.17, 15) is 9.59 Å². The molecule has 0 atom stereocenters. The zero-order valence-corrected chi connectivity index (χ0v) is 14.8. The predicted octanol–water partition coefficient (Wildman–Crippen LogP) is 1.75. The van der Waals surface area contributed by atoms with Crippen LogP contribution in [0.25, 0.3) is 0 Å². The van der Waals surface area contributed by atoms with Gasteiger partial charge in [0.2, 0.25) is 11.7 Å². The lowest BCUT2D eigenvalue weighted by Gasteiger charge is -2.22. The summed E-state index contributed by atoms with van der Waals surface area (Å²) < 4.78 is 7.26. The molecule has 1 aromatic heterocycles. The van der Waals surface area contributed by atoms with Crippen molar-refractivity contribution in [3.05, 3.63) is 21.7 Å². The Morgan fingerprint density at radius 2 is 2.20 bits per heavy atom. The number of aromatic nitrogens is 2. The highest BCUT2D eigenvalue weighted by atomic mass is 16.5. The van der Waals surface area contributed by atoms with E-state index in [0.29, 0.717) is 32.1 Å². The van der Waals surface area contributed by atoms with E-state index in [1.807, 2.05) is 0 Å². The fraction of sp³-hybridized carbons (Fsp3) is 0.722. The summed E-state index contributed by atoms with van der Waals surface area (Å²) in [6.45, 7) is 3.79. The molecule has 1 aromatic rings. The first-order valence-electron chi connectivity index (χ1n) is 9.42. The fourth-order valence-corrected chi connectivity index (χ4v) is 3.82. The smallest absolute Gasteiger partial charge is 0.295 e. The van der Waals surface area contributed by atoms with E-state index in [4.69, 9.17) is 4.74 Å². The number of hydrogen-bond acceptors (Lipinski definition) is 5. The highest BCUT2D eigenvalue weighted by molar-refractivity contribution is 5.86. The Hall–Kier alpha value is -1.89. The second-order valence-corrected chi connectivity index (χ2v) is 7.48. The standard InChI is InChI=1S/C18H26N4O3/c1-2-3-9-22-14-11-25-10-6-13(14)19-15(16(22)23)20-21-17(24)18(7-8-18)12-4-5-12/h12H,2-11H2,1H3,(H,19,20)(H,21,24). The lowest BCUT2D eigenvalue weighted by Crippen LogP contribution is -2.41. The number of unbranched alkanes of at least 4 members (excludes halogenated alkanes) is 1. The van der Waals surface area contributed by atoms with Gasteiger partial charge in [0.05, 0.1) is 30.0 Å². The Balaban J connectivity index is 1.54. The van der Waals surface area contributed by atoms with E-state index in [2.05, 4.69) is 22.8 Å². The molecule has 2 aliphatic carbocycles. The van der Waals surface area contributed by atoms with Crippen molar-refractivity contribution in [3.63, 3.8) is 0 Å². The molecule has 7 nitrogen and oxygen atoms in total. The molecular weight excluding hydrogens is 320 g/mol. The Morgan fingerprint density at radius 3 is 2.88 bits per heavy atom.